The number of hydrogen-bond donors (Lipinski definition) is 1. The number of halogens is 1. The van der Waals surface area contributed by atoms with Gasteiger partial charge in [-0.25, -0.2) is 4.98 Å². The second-order valence-corrected chi connectivity index (χ2v) is 6.20. The molecule has 1 N–H and O–H groups in total. The molecule has 0 radical (unpaired) electrons. The molecule has 3 rings (SSSR count). The van der Waals surface area contributed by atoms with Crippen molar-refractivity contribution < 1.29 is 4.74 Å². The van der Waals surface area contributed by atoms with Crippen LogP contribution in [0.15, 0.2) is 28.7 Å². The highest BCUT2D eigenvalue weighted by Gasteiger charge is 2.27. The van der Waals surface area contributed by atoms with Crippen molar-refractivity contribution in [1.29, 1.82) is 0 Å². The molecule has 0 spiro atoms. The van der Waals surface area contributed by atoms with Gasteiger partial charge in [0.05, 0.1) is 11.6 Å². The van der Waals surface area contributed by atoms with E-state index in [2.05, 4.69) is 32.0 Å². The average Bonchev–Trinajstić information content (AvgIpc) is 3.27. The average molecular weight is 351 g/mol. The van der Waals surface area contributed by atoms with Gasteiger partial charge >= 0.3 is 0 Å². The molecule has 1 aliphatic rings. The molecule has 1 fully saturated rings. The lowest BCUT2D eigenvalue weighted by Crippen LogP contribution is -2.02. The zero-order chi connectivity index (χ0) is 14.1. The van der Waals surface area contributed by atoms with E-state index >= 15 is 0 Å². The van der Waals surface area contributed by atoms with Crippen molar-refractivity contribution in [3.63, 3.8) is 0 Å². The zero-order valence-corrected chi connectivity index (χ0v) is 13.6. The summed E-state index contributed by atoms with van der Waals surface area (Å²) in [5, 5.41) is 0. The van der Waals surface area contributed by atoms with Crippen LogP contribution in [0.3, 0.4) is 0 Å². The van der Waals surface area contributed by atoms with Crippen molar-refractivity contribution in [2.24, 2.45) is 0 Å². The molecule has 1 saturated carbocycles. The fourth-order valence-electron chi connectivity index (χ4n) is 2.24. The Morgan fingerprint density at radius 2 is 2.25 bits per heavy atom. The minimum Gasteiger partial charge on any atom is -0.497 e. The van der Waals surface area contributed by atoms with E-state index in [0.717, 1.165) is 28.0 Å². The summed E-state index contributed by atoms with van der Waals surface area (Å²) in [7, 11) is 1.68. The summed E-state index contributed by atoms with van der Waals surface area (Å²) < 4.78 is 6.84. The highest BCUT2D eigenvalue weighted by molar-refractivity contribution is 9.10. The van der Waals surface area contributed by atoms with Gasteiger partial charge in [0.15, 0.2) is 0 Å². The molecule has 20 heavy (non-hydrogen) atoms. The van der Waals surface area contributed by atoms with Crippen molar-refractivity contribution in [2.75, 3.05) is 7.11 Å². The maximum Gasteiger partial charge on any atom is 0.144 e. The summed E-state index contributed by atoms with van der Waals surface area (Å²) in [5.41, 5.74) is 2.36. The lowest BCUT2D eigenvalue weighted by atomic mass is 10.1. The van der Waals surface area contributed by atoms with Crippen LogP contribution >= 0.6 is 28.1 Å². The van der Waals surface area contributed by atoms with Crippen molar-refractivity contribution in [1.82, 2.24) is 9.97 Å². The zero-order valence-electron chi connectivity index (χ0n) is 11.1. The van der Waals surface area contributed by atoms with E-state index in [0.29, 0.717) is 10.6 Å². The summed E-state index contributed by atoms with van der Waals surface area (Å²) >= 11 is 8.88. The van der Waals surface area contributed by atoms with Gasteiger partial charge in [-0.05, 0) is 46.5 Å². The molecule has 0 atom stereocenters. The van der Waals surface area contributed by atoms with Crippen LogP contribution < -0.4 is 4.74 Å². The van der Waals surface area contributed by atoms with Gasteiger partial charge in [-0.1, -0.05) is 24.4 Å². The van der Waals surface area contributed by atoms with Gasteiger partial charge in [-0.2, -0.15) is 0 Å². The number of aromatic amines is 1. The molecule has 0 amide bonds. The number of benzene rings is 1. The van der Waals surface area contributed by atoms with Gasteiger partial charge in [0.2, 0.25) is 0 Å². The fraction of sp³-hybridized carbons (Fsp3) is 0.333. The quantitative estimate of drug-likeness (QED) is 0.831. The number of nitrogens with zero attached hydrogens (tertiary/aromatic N) is 1. The Morgan fingerprint density at radius 1 is 1.45 bits per heavy atom. The Labute approximate surface area is 131 Å². The molecule has 1 aromatic heterocycles. The Bertz CT molecular complexity index is 695. The molecule has 3 nitrogen and oxygen atoms in total. The van der Waals surface area contributed by atoms with Gasteiger partial charge in [-0.15, -0.1) is 0 Å². The van der Waals surface area contributed by atoms with E-state index in [9.17, 15) is 0 Å². The molecule has 5 heteroatoms. The highest BCUT2D eigenvalue weighted by Crippen LogP contribution is 2.42. The predicted octanol–water partition coefficient (Wildman–Crippen LogP) is 4.38. The number of methoxy groups -OCH3 is 1. The summed E-state index contributed by atoms with van der Waals surface area (Å²) in [6, 6.07) is 8.02. The Morgan fingerprint density at radius 3 is 2.95 bits per heavy atom. The van der Waals surface area contributed by atoms with Crippen LogP contribution in [0.1, 0.15) is 35.8 Å². The van der Waals surface area contributed by atoms with Crippen LogP contribution in [0.2, 0.25) is 0 Å². The van der Waals surface area contributed by atoms with Crippen LogP contribution in [0, 0.1) is 4.64 Å². The third kappa shape index (κ3) is 2.94. The second-order valence-electron chi connectivity index (χ2n) is 5.02. The van der Waals surface area contributed by atoms with E-state index < -0.39 is 0 Å². The lowest BCUT2D eigenvalue weighted by Gasteiger charge is -2.08. The summed E-state index contributed by atoms with van der Waals surface area (Å²) in [6.07, 6.45) is 3.19. The molecule has 0 saturated heterocycles. The summed E-state index contributed by atoms with van der Waals surface area (Å²) in [6.45, 7) is 0. The molecule has 0 aliphatic heterocycles. The first-order chi connectivity index (χ1) is 9.67. The number of hydrogen-bond acceptors (Lipinski definition) is 3. The minimum absolute atomic E-state index is 0.609. The van der Waals surface area contributed by atoms with Gasteiger partial charge in [0.25, 0.3) is 0 Å². The van der Waals surface area contributed by atoms with Crippen molar-refractivity contribution >= 4 is 28.1 Å². The molecule has 1 aromatic carbocycles. The van der Waals surface area contributed by atoms with Gasteiger partial charge in [0.1, 0.15) is 16.2 Å². The van der Waals surface area contributed by atoms with E-state index in [-0.39, 0.29) is 0 Å². The normalized spacial score (nSPS) is 14.3. The molecule has 1 heterocycles. The molecular weight excluding hydrogens is 336 g/mol. The van der Waals surface area contributed by atoms with Crippen LogP contribution in [0.5, 0.6) is 5.75 Å². The largest absolute Gasteiger partial charge is 0.497 e. The standard InChI is InChI=1S/C15H15BrN2OS/c1-19-11-4-2-3-9(7-11)8-12-17-14(10-5-6-10)13(16)15(20)18-12/h2-4,7,10H,5-6,8H2,1H3,(H,17,18,20). The monoisotopic (exact) mass is 350 g/mol. The van der Waals surface area contributed by atoms with E-state index in [1.54, 1.807) is 7.11 Å². The third-order valence-electron chi connectivity index (χ3n) is 3.43. The van der Waals surface area contributed by atoms with Crippen molar-refractivity contribution in [2.45, 2.75) is 25.2 Å². The lowest BCUT2D eigenvalue weighted by molar-refractivity contribution is 0.414. The van der Waals surface area contributed by atoms with Crippen LogP contribution in [-0.2, 0) is 6.42 Å². The summed E-state index contributed by atoms with van der Waals surface area (Å²) in [5.74, 6) is 2.38. The number of aromatic nitrogens is 2. The molecule has 2 aromatic rings. The fourth-order valence-corrected chi connectivity index (χ4v) is 2.97. The number of ether oxygens (including phenoxy) is 1. The number of nitrogens with one attached hydrogen (secondary N) is 1. The Kier molecular flexibility index (Phi) is 3.89. The highest BCUT2D eigenvalue weighted by atomic mass is 79.9. The van der Waals surface area contributed by atoms with Gasteiger partial charge < -0.3 is 9.72 Å². The predicted molar refractivity (Wildman–Crippen MR) is 84.9 cm³/mol. The van der Waals surface area contributed by atoms with Crippen molar-refractivity contribution in [3.8, 4) is 5.75 Å². The first-order valence-corrected chi connectivity index (χ1v) is 7.79. The molecule has 0 unspecified atom stereocenters. The topological polar surface area (TPSA) is 37.9 Å². The minimum atomic E-state index is 0.609. The molecule has 104 valence electrons. The molecule has 1 aliphatic carbocycles. The molecular formula is C15H15BrN2OS. The van der Waals surface area contributed by atoms with E-state index in [4.69, 9.17) is 17.0 Å². The molecule has 0 bridgehead atoms. The second kappa shape index (κ2) is 5.66. The van der Waals surface area contributed by atoms with Gasteiger partial charge in [0, 0.05) is 18.0 Å². The third-order valence-corrected chi connectivity index (χ3v) is 4.79. The number of H-pyrrole nitrogens is 1. The van der Waals surface area contributed by atoms with Crippen LogP contribution in [-0.4, -0.2) is 17.1 Å². The Hall–Kier alpha value is -1.20. The van der Waals surface area contributed by atoms with Crippen molar-refractivity contribution in [3.05, 3.63) is 50.5 Å². The van der Waals surface area contributed by atoms with Crippen LogP contribution in [0.4, 0.5) is 0 Å². The SMILES string of the molecule is COc1cccc(Cc2nc(=S)c(Br)c(C3CC3)[nH]2)c1. The maximum absolute atomic E-state index is 5.34. The maximum atomic E-state index is 5.34. The smallest absolute Gasteiger partial charge is 0.144 e. The van der Waals surface area contributed by atoms with Gasteiger partial charge in [-0.3, -0.25) is 0 Å². The first kappa shape index (κ1) is 13.8. The van der Waals surface area contributed by atoms with Crippen LogP contribution in [0.25, 0.3) is 0 Å². The van der Waals surface area contributed by atoms with E-state index in [1.807, 2.05) is 18.2 Å². The van der Waals surface area contributed by atoms with E-state index in [1.165, 1.54) is 18.5 Å². The Balaban J connectivity index is 1.92. The first-order valence-electron chi connectivity index (χ1n) is 6.59. The summed E-state index contributed by atoms with van der Waals surface area (Å²) in [4.78, 5) is 7.90. The number of rotatable bonds is 4.